The van der Waals surface area contributed by atoms with Crippen LogP contribution in [0.1, 0.15) is 33.3 Å². The topological polar surface area (TPSA) is 86.8 Å². The predicted octanol–water partition coefficient (Wildman–Crippen LogP) is 4.09. The third kappa shape index (κ3) is 7.91. The second-order valence-electron chi connectivity index (χ2n) is 8.77. The molecule has 0 saturated heterocycles. The first kappa shape index (κ1) is 27.0. The summed E-state index contributed by atoms with van der Waals surface area (Å²) in [6, 6.07) is 12.2. The molecule has 1 atom stereocenters. The zero-order valence-corrected chi connectivity index (χ0v) is 21.6. The van der Waals surface area contributed by atoms with Crippen LogP contribution in [0.15, 0.2) is 48.5 Å². The summed E-state index contributed by atoms with van der Waals surface area (Å²) in [5.74, 6) is -0.910. The smallest absolute Gasteiger partial charge is 0.244 e. The molecule has 2 aromatic carbocycles. The summed E-state index contributed by atoms with van der Waals surface area (Å²) >= 11 is 12.2. The minimum atomic E-state index is -3.80. The van der Waals surface area contributed by atoms with Crippen LogP contribution in [0.2, 0.25) is 10.0 Å². The van der Waals surface area contributed by atoms with Crippen LogP contribution >= 0.6 is 23.2 Å². The fourth-order valence-electron chi connectivity index (χ4n) is 3.09. The van der Waals surface area contributed by atoms with Gasteiger partial charge in [0.2, 0.25) is 21.8 Å². The van der Waals surface area contributed by atoms with Gasteiger partial charge in [0.05, 0.1) is 11.9 Å². The summed E-state index contributed by atoms with van der Waals surface area (Å²) in [7, 11) is -3.80. The maximum atomic E-state index is 13.4. The number of hydrogen-bond acceptors (Lipinski definition) is 4. The predicted molar refractivity (Wildman–Crippen MR) is 133 cm³/mol. The number of carbonyl (C=O) groups excluding carboxylic acids is 2. The van der Waals surface area contributed by atoms with Crippen molar-refractivity contribution < 1.29 is 18.0 Å². The van der Waals surface area contributed by atoms with E-state index in [9.17, 15) is 18.0 Å². The number of hydrogen-bond donors (Lipinski definition) is 1. The molecule has 0 aliphatic carbocycles. The van der Waals surface area contributed by atoms with Crippen LogP contribution in [0.5, 0.6) is 0 Å². The van der Waals surface area contributed by atoms with Gasteiger partial charge in [-0.1, -0.05) is 41.4 Å². The molecule has 2 aromatic rings. The Morgan fingerprint density at radius 3 is 2.12 bits per heavy atom. The first-order valence-corrected chi connectivity index (χ1v) is 12.9. The van der Waals surface area contributed by atoms with Gasteiger partial charge in [-0.15, -0.1) is 0 Å². The van der Waals surface area contributed by atoms with Gasteiger partial charge in [0.1, 0.15) is 12.6 Å². The molecule has 0 saturated carbocycles. The van der Waals surface area contributed by atoms with Crippen molar-refractivity contribution in [2.45, 2.75) is 45.8 Å². The molecule has 0 bridgehead atoms. The molecule has 0 fully saturated rings. The highest BCUT2D eigenvalue weighted by molar-refractivity contribution is 7.92. The Morgan fingerprint density at radius 2 is 1.61 bits per heavy atom. The van der Waals surface area contributed by atoms with Crippen LogP contribution in [0, 0.1) is 0 Å². The number of nitrogens with one attached hydrogen (secondary N) is 1. The molecule has 0 heterocycles. The van der Waals surface area contributed by atoms with Gasteiger partial charge >= 0.3 is 0 Å². The van der Waals surface area contributed by atoms with E-state index in [1.54, 1.807) is 43.3 Å². The normalized spacial score (nSPS) is 12.7. The average Bonchev–Trinajstić information content (AvgIpc) is 2.69. The van der Waals surface area contributed by atoms with Crippen LogP contribution in [0.4, 0.5) is 5.69 Å². The number of sulfonamides is 1. The molecule has 2 rings (SSSR count). The lowest BCUT2D eigenvalue weighted by Crippen LogP contribution is -2.54. The molecule has 0 aliphatic rings. The van der Waals surface area contributed by atoms with E-state index in [1.165, 1.54) is 17.0 Å². The van der Waals surface area contributed by atoms with Gasteiger partial charge in [-0.3, -0.25) is 13.9 Å². The van der Waals surface area contributed by atoms with Crippen molar-refractivity contribution in [1.29, 1.82) is 0 Å². The van der Waals surface area contributed by atoms with Gasteiger partial charge in [0.25, 0.3) is 0 Å². The summed E-state index contributed by atoms with van der Waals surface area (Å²) < 4.78 is 26.0. The van der Waals surface area contributed by atoms with Crippen molar-refractivity contribution >= 4 is 50.7 Å². The van der Waals surface area contributed by atoms with E-state index in [4.69, 9.17) is 23.2 Å². The maximum absolute atomic E-state index is 13.4. The van der Waals surface area contributed by atoms with E-state index in [2.05, 4.69) is 5.32 Å². The van der Waals surface area contributed by atoms with Gasteiger partial charge < -0.3 is 10.2 Å². The number of amides is 2. The molecule has 0 aromatic heterocycles. The molecule has 2 amide bonds. The van der Waals surface area contributed by atoms with Crippen molar-refractivity contribution in [1.82, 2.24) is 10.2 Å². The lowest BCUT2D eigenvalue weighted by molar-refractivity contribution is -0.140. The Labute approximate surface area is 205 Å². The lowest BCUT2D eigenvalue weighted by Gasteiger charge is -2.33. The largest absolute Gasteiger partial charge is 0.350 e. The second kappa shape index (κ2) is 10.8. The first-order valence-electron chi connectivity index (χ1n) is 10.3. The van der Waals surface area contributed by atoms with Crippen molar-refractivity contribution in [2.24, 2.45) is 0 Å². The summed E-state index contributed by atoms with van der Waals surface area (Å²) in [6.07, 6.45) is 1.02. The number of halogens is 2. The fraction of sp³-hybridized carbons (Fsp3) is 0.391. The molecule has 33 heavy (non-hydrogen) atoms. The number of nitrogens with zero attached hydrogens (tertiary/aromatic N) is 2. The van der Waals surface area contributed by atoms with E-state index in [-0.39, 0.29) is 12.5 Å². The highest BCUT2D eigenvalue weighted by Crippen LogP contribution is 2.23. The van der Waals surface area contributed by atoms with E-state index < -0.39 is 34.1 Å². The van der Waals surface area contributed by atoms with Gasteiger partial charge in [0, 0.05) is 22.1 Å². The van der Waals surface area contributed by atoms with Gasteiger partial charge in [-0.25, -0.2) is 8.42 Å². The molecule has 0 spiro atoms. The minimum Gasteiger partial charge on any atom is -0.350 e. The molecule has 0 radical (unpaired) electrons. The standard InChI is InChI=1S/C23H29Cl2N3O4S/c1-16(22(30)26-23(2,3)4)27(14-17-8-6-7-9-20(17)25)21(29)15-28(33(5,31)32)19-12-10-18(24)11-13-19/h6-13,16H,14-15H2,1-5H3,(H,26,30)/t16-/m0/s1. The third-order valence-corrected chi connectivity index (χ3v) is 6.52. The van der Waals surface area contributed by atoms with Gasteiger partial charge in [-0.05, 0) is 63.6 Å². The Bertz CT molecular complexity index is 1100. The van der Waals surface area contributed by atoms with E-state index in [0.717, 1.165) is 10.6 Å². The van der Waals surface area contributed by atoms with Crippen LogP contribution in [-0.4, -0.2) is 49.5 Å². The molecule has 1 N–H and O–H groups in total. The molecule has 180 valence electrons. The van der Waals surface area contributed by atoms with Crippen molar-refractivity contribution in [3.05, 3.63) is 64.1 Å². The minimum absolute atomic E-state index is 0.0372. The second-order valence-corrected chi connectivity index (χ2v) is 11.5. The van der Waals surface area contributed by atoms with Crippen LogP contribution in [-0.2, 0) is 26.2 Å². The Hall–Kier alpha value is -2.29. The van der Waals surface area contributed by atoms with Crippen LogP contribution in [0.3, 0.4) is 0 Å². The van der Waals surface area contributed by atoms with Gasteiger partial charge in [0.15, 0.2) is 0 Å². The third-order valence-electron chi connectivity index (χ3n) is 4.76. The van der Waals surface area contributed by atoms with E-state index in [1.807, 2.05) is 20.8 Å². The summed E-state index contributed by atoms with van der Waals surface area (Å²) in [5, 5.41) is 3.74. The Kier molecular flexibility index (Phi) is 8.79. The summed E-state index contributed by atoms with van der Waals surface area (Å²) in [5.41, 5.74) is 0.423. The lowest BCUT2D eigenvalue weighted by atomic mass is 10.1. The van der Waals surface area contributed by atoms with E-state index in [0.29, 0.717) is 21.3 Å². The fourth-order valence-corrected chi connectivity index (χ4v) is 4.26. The van der Waals surface area contributed by atoms with Crippen molar-refractivity contribution in [3.8, 4) is 0 Å². The average molecular weight is 514 g/mol. The monoisotopic (exact) mass is 513 g/mol. The zero-order valence-electron chi connectivity index (χ0n) is 19.3. The zero-order chi connectivity index (χ0) is 25.0. The van der Waals surface area contributed by atoms with Crippen molar-refractivity contribution in [2.75, 3.05) is 17.1 Å². The maximum Gasteiger partial charge on any atom is 0.244 e. The van der Waals surface area contributed by atoms with Gasteiger partial charge in [-0.2, -0.15) is 0 Å². The highest BCUT2D eigenvalue weighted by atomic mass is 35.5. The number of carbonyl (C=O) groups is 2. The molecule has 0 unspecified atom stereocenters. The van der Waals surface area contributed by atoms with E-state index >= 15 is 0 Å². The highest BCUT2D eigenvalue weighted by Gasteiger charge is 2.31. The Balaban J connectivity index is 2.41. The molecular formula is C23H29Cl2N3O4S. The summed E-state index contributed by atoms with van der Waals surface area (Å²) in [4.78, 5) is 27.7. The SMILES string of the molecule is C[C@@H](C(=O)NC(C)(C)C)N(Cc1ccccc1Cl)C(=O)CN(c1ccc(Cl)cc1)S(C)(=O)=O. The Morgan fingerprint density at radius 1 is 1.03 bits per heavy atom. The number of benzene rings is 2. The number of rotatable bonds is 8. The number of anilines is 1. The molecule has 7 nitrogen and oxygen atoms in total. The summed E-state index contributed by atoms with van der Waals surface area (Å²) in [6.45, 7) is 6.66. The molecule has 10 heteroatoms. The quantitative estimate of drug-likeness (QED) is 0.575. The van der Waals surface area contributed by atoms with Crippen LogP contribution in [0.25, 0.3) is 0 Å². The van der Waals surface area contributed by atoms with Crippen LogP contribution < -0.4 is 9.62 Å². The van der Waals surface area contributed by atoms with Crippen molar-refractivity contribution in [3.63, 3.8) is 0 Å². The first-order chi connectivity index (χ1) is 15.2. The molecular weight excluding hydrogens is 485 g/mol. The molecule has 0 aliphatic heterocycles.